The average Bonchev–Trinajstić information content (AvgIpc) is 2.40. The summed E-state index contributed by atoms with van der Waals surface area (Å²) in [5.74, 6) is 0.0136. The van der Waals surface area contributed by atoms with Crippen LogP contribution in [0.5, 0.6) is 5.75 Å². The van der Waals surface area contributed by atoms with Crippen LogP contribution in [0, 0.1) is 5.82 Å². The molecule has 3 nitrogen and oxygen atoms in total. The molecule has 5 heteroatoms. The summed E-state index contributed by atoms with van der Waals surface area (Å²) in [4.78, 5) is 2.35. The predicted octanol–water partition coefficient (Wildman–Crippen LogP) is 2.97. The Bertz CT molecular complexity index is 428. The van der Waals surface area contributed by atoms with Gasteiger partial charge < -0.3 is 9.47 Å². The first kappa shape index (κ1) is 14.6. The van der Waals surface area contributed by atoms with Crippen molar-refractivity contribution in [3.8, 4) is 5.75 Å². The van der Waals surface area contributed by atoms with Gasteiger partial charge in [0.25, 0.3) is 0 Å². The number of hydrogen-bond donors (Lipinski definition) is 0. The maximum atomic E-state index is 13.3. The van der Waals surface area contributed by atoms with Crippen LogP contribution in [0.3, 0.4) is 0 Å². The zero-order valence-corrected chi connectivity index (χ0v) is 12.0. The Balaban J connectivity index is 1.86. The molecule has 1 aliphatic heterocycles. The average molecular weight is 288 g/mol. The molecule has 1 fully saturated rings. The fourth-order valence-electron chi connectivity index (χ4n) is 2.07. The molecule has 0 bridgehead atoms. The maximum Gasteiger partial charge on any atom is 0.145 e. The number of halogens is 2. The summed E-state index contributed by atoms with van der Waals surface area (Å²) in [5, 5.41) is 0.104. The van der Waals surface area contributed by atoms with E-state index in [0.29, 0.717) is 25.0 Å². The van der Waals surface area contributed by atoms with Gasteiger partial charge in [-0.2, -0.15) is 0 Å². The molecule has 1 saturated heterocycles. The first-order chi connectivity index (χ1) is 9.06. The van der Waals surface area contributed by atoms with Crippen molar-refractivity contribution in [1.29, 1.82) is 0 Å². The van der Waals surface area contributed by atoms with Crippen LogP contribution in [0.25, 0.3) is 0 Å². The standard InChI is InChI=1S/C14H19ClFNO2/c1-10(2)17-5-6-18-12(8-17)9-19-11-3-4-13(15)14(16)7-11/h3-4,7,10,12H,5-6,8-9H2,1-2H3. The SMILES string of the molecule is CC(C)N1CCOC(COc2ccc(Cl)c(F)c2)C1. The van der Waals surface area contributed by atoms with Crippen molar-refractivity contribution in [2.24, 2.45) is 0 Å². The minimum Gasteiger partial charge on any atom is -0.491 e. The van der Waals surface area contributed by atoms with E-state index in [1.54, 1.807) is 6.07 Å². The van der Waals surface area contributed by atoms with E-state index in [1.807, 2.05) is 0 Å². The molecule has 1 aromatic rings. The molecule has 19 heavy (non-hydrogen) atoms. The molecule has 1 atom stereocenters. The van der Waals surface area contributed by atoms with Crippen molar-refractivity contribution < 1.29 is 13.9 Å². The summed E-state index contributed by atoms with van der Waals surface area (Å²) in [6, 6.07) is 4.95. The van der Waals surface area contributed by atoms with Gasteiger partial charge in [-0.05, 0) is 26.0 Å². The highest BCUT2D eigenvalue weighted by Gasteiger charge is 2.22. The molecule has 1 aromatic carbocycles. The van der Waals surface area contributed by atoms with E-state index in [-0.39, 0.29) is 11.1 Å². The fourth-order valence-corrected chi connectivity index (χ4v) is 2.19. The van der Waals surface area contributed by atoms with Gasteiger partial charge in [0.2, 0.25) is 0 Å². The Hall–Kier alpha value is -0.840. The van der Waals surface area contributed by atoms with E-state index in [4.69, 9.17) is 21.1 Å². The van der Waals surface area contributed by atoms with Gasteiger partial charge >= 0.3 is 0 Å². The zero-order valence-electron chi connectivity index (χ0n) is 11.2. The largest absolute Gasteiger partial charge is 0.491 e. The summed E-state index contributed by atoms with van der Waals surface area (Å²) >= 11 is 5.62. The van der Waals surface area contributed by atoms with Crippen LogP contribution in [0.4, 0.5) is 4.39 Å². The van der Waals surface area contributed by atoms with Gasteiger partial charge in [-0.25, -0.2) is 4.39 Å². The molecule has 0 spiro atoms. The first-order valence-electron chi connectivity index (χ1n) is 6.50. The Morgan fingerprint density at radius 1 is 1.53 bits per heavy atom. The topological polar surface area (TPSA) is 21.7 Å². The normalized spacial score (nSPS) is 20.8. The van der Waals surface area contributed by atoms with Gasteiger partial charge in [-0.15, -0.1) is 0 Å². The van der Waals surface area contributed by atoms with Crippen LogP contribution in [0.15, 0.2) is 18.2 Å². The predicted molar refractivity (Wildman–Crippen MR) is 73.4 cm³/mol. The van der Waals surface area contributed by atoms with Crippen molar-refractivity contribution in [3.05, 3.63) is 29.0 Å². The molecule has 0 saturated carbocycles. The van der Waals surface area contributed by atoms with Crippen molar-refractivity contribution in [2.75, 3.05) is 26.3 Å². The first-order valence-corrected chi connectivity index (χ1v) is 6.87. The van der Waals surface area contributed by atoms with E-state index in [2.05, 4.69) is 18.7 Å². The molecular formula is C14H19ClFNO2. The Kier molecular flexibility index (Phi) is 5.02. The molecule has 2 rings (SSSR count). The number of rotatable bonds is 4. The van der Waals surface area contributed by atoms with E-state index in [1.165, 1.54) is 12.1 Å². The van der Waals surface area contributed by atoms with E-state index in [9.17, 15) is 4.39 Å². The van der Waals surface area contributed by atoms with Crippen molar-refractivity contribution in [1.82, 2.24) is 4.90 Å². The lowest BCUT2D eigenvalue weighted by molar-refractivity contribution is -0.0564. The summed E-state index contributed by atoms with van der Waals surface area (Å²) in [5.41, 5.74) is 0. The van der Waals surface area contributed by atoms with Gasteiger partial charge in [-0.3, -0.25) is 4.90 Å². The molecule has 0 radical (unpaired) electrons. The molecule has 0 N–H and O–H groups in total. The van der Waals surface area contributed by atoms with E-state index in [0.717, 1.165) is 13.1 Å². The Morgan fingerprint density at radius 2 is 2.32 bits per heavy atom. The molecule has 1 unspecified atom stereocenters. The minimum atomic E-state index is -0.465. The molecular weight excluding hydrogens is 269 g/mol. The highest BCUT2D eigenvalue weighted by atomic mass is 35.5. The second-order valence-corrected chi connectivity index (χ2v) is 5.38. The lowest BCUT2D eigenvalue weighted by Crippen LogP contribution is -2.47. The van der Waals surface area contributed by atoms with Crippen molar-refractivity contribution in [2.45, 2.75) is 26.0 Å². The van der Waals surface area contributed by atoms with Crippen LogP contribution in [0.1, 0.15) is 13.8 Å². The van der Waals surface area contributed by atoms with Gasteiger partial charge in [0.1, 0.15) is 24.3 Å². The van der Waals surface area contributed by atoms with Crippen molar-refractivity contribution in [3.63, 3.8) is 0 Å². The van der Waals surface area contributed by atoms with Crippen LogP contribution < -0.4 is 4.74 Å². The van der Waals surface area contributed by atoms with E-state index < -0.39 is 5.82 Å². The molecule has 1 aliphatic rings. The van der Waals surface area contributed by atoms with Gasteiger partial charge in [0.15, 0.2) is 0 Å². The Morgan fingerprint density at radius 3 is 3.00 bits per heavy atom. The number of nitrogens with zero attached hydrogens (tertiary/aromatic N) is 1. The van der Waals surface area contributed by atoms with Crippen LogP contribution in [-0.4, -0.2) is 43.3 Å². The zero-order chi connectivity index (χ0) is 13.8. The number of hydrogen-bond acceptors (Lipinski definition) is 3. The molecule has 106 valence electrons. The third-order valence-electron chi connectivity index (χ3n) is 3.23. The molecule has 1 heterocycles. The summed E-state index contributed by atoms with van der Waals surface area (Å²) < 4.78 is 24.5. The minimum absolute atomic E-state index is 0.0230. The van der Waals surface area contributed by atoms with Gasteiger partial charge in [0.05, 0.1) is 11.6 Å². The lowest BCUT2D eigenvalue weighted by Gasteiger charge is -2.35. The second kappa shape index (κ2) is 6.55. The summed E-state index contributed by atoms with van der Waals surface area (Å²) in [7, 11) is 0. The number of morpholine rings is 1. The molecule has 0 aliphatic carbocycles. The third kappa shape index (κ3) is 4.06. The summed E-state index contributed by atoms with van der Waals surface area (Å²) in [6.07, 6.45) is 0.0230. The van der Waals surface area contributed by atoms with Crippen molar-refractivity contribution >= 4 is 11.6 Å². The highest BCUT2D eigenvalue weighted by Crippen LogP contribution is 2.21. The smallest absolute Gasteiger partial charge is 0.145 e. The maximum absolute atomic E-state index is 13.3. The third-order valence-corrected chi connectivity index (χ3v) is 3.53. The quantitative estimate of drug-likeness (QED) is 0.850. The van der Waals surface area contributed by atoms with E-state index >= 15 is 0 Å². The number of ether oxygens (including phenoxy) is 2. The lowest BCUT2D eigenvalue weighted by atomic mass is 10.2. The van der Waals surface area contributed by atoms with Crippen LogP contribution in [-0.2, 0) is 4.74 Å². The molecule has 0 aromatic heterocycles. The monoisotopic (exact) mass is 287 g/mol. The van der Waals surface area contributed by atoms with Gasteiger partial charge in [-0.1, -0.05) is 11.6 Å². The fraction of sp³-hybridized carbons (Fsp3) is 0.571. The second-order valence-electron chi connectivity index (χ2n) is 4.97. The van der Waals surface area contributed by atoms with Gasteiger partial charge in [0, 0.05) is 25.2 Å². The summed E-state index contributed by atoms with van der Waals surface area (Å²) in [6.45, 7) is 7.25. The Labute approximate surface area is 118 Å². The number of benzene rings is 1. The molecule has 0 amide bonds. The highest BCUT2D eigenvalue weighted by molar-refractivity contribution is 6.30. The van der Waals surface area contributed by atoms with Crippen LogP contribution in [0.2, 0.25) is 5.02 Å². The van der Waals surface area contributed by atoms with Crippen LogP contribution >= 0.6 is 11.6 Å².